The molecular formula is C32H27FN6O4. The van der Waals surface area contributed by atoms with Gasteiger partial charge in [-0.2, -0.15) is 0 Å². The van der Waals surface area contributed by atoms with E-state index in [1.807, 2.05) is 19.1 Å². The van der Waals surface area contributed by atoms with E-state index in [-0.39, 0.29) is 17.7 Å². The zero-order chi connectivity index (χ0) is 29.9. The highest BCUT2D eigenvalue weighted by molar-refractivity contribution is 5.93. The quantitative estimate of drug-likeness (QED) is 0.215. The van der Waals surface area contributed by atoms with Gasteiger partial charge in [-0.15, -0.1) is 0 Å². The van der Waals surface area contributed by atoms with Crippen molar-refractivity contribution in [2.75, 3.05) is 25.5 Å². The highest BCUT2D eigenvalue weighted by Crippen LogP contribution is 2.37. The number of methoxy groups -OCH3 is 1. The van der Waals surface area contributed by atoms with Gasteiger partial charge in [-0.1, -0.05) is 6.58 Å². The molecule has 10 nitrogen and oxygen atoms in total. The fourth-order valence-electron chi connectivity index (χ4n) is 4.59. The van der Waals surface area contributed by atoms with E-state index < -0.39 is 5.82 Å². The molecule has 1 amide bonds. The number of halogens is 1. The van der Waals surface area contributed by atoms with Crippen LogP contribution in [0.1, 0.15) is 5.69 Å². The number of carbonyl (C=O) groups excluding carboxylic acids is 1. The van der Waals surface area contributed by atoms with Crippen molar-refractivity contribution in [3.63, 3.8) is 0 Å². The minimum Gasteiger partial charge on any atom is -0.493 e. The second-order valence-corrected chi connectivity index (χ2v) is 9.86. The molecule has 5 aromatic rings. The predicted octanol–water partition coefficient (Wildman–Crippen LogP) is 5.85. The maximum Gasteiger partial charge on any atom is 0.246 e. The van der Waals surface area contributed by atoms with Crippen molar-refractivity contribution >= 4 is 28.3 Å². The molecule has 0 bridgehead atoms. The van der Waals surface area contributed by atoms with Gasteiger partial charge in [0, 0.05) is 47.2 Å². The lowest BCUT2D eigenvalue weighted by atomic mass is 10.1. The summed E-state index contributed by atoms with van der Waals surface area (Å²) in [4.78, 5) is 30.8. The number of anilines is 2. The third-order valence-corrected chi connectivity index (χ3v) is 6.92. The summed E-state index contributed by atoms with van der Waals surface area (Å²) in [5.74, 6) is 1.48. The average molecular weight is 579 g/mol. The third-order valence-electron chi connectivity index (χ3n) is 6.92. The van der Waals surface area contributed by atoms with Crippen LogP contribution in [0, 0.1) is 12.7 Å². The van der Waals surface area contributed by atoms with Crippen molar-refractivity contribution in [3.8, 4) is 34.3 Å². The van der Waals surface area contributed by atoms with Crippen molar-refractivity contribution in [1.82, 2.24) is 24.8 Å². The van der Waals surface area contributed by atoms with Gasteiger partial charge in [-0.3, -0.25) is 14.8 Å². The number of fused-ring (bicyclic) bond motifs is 1. The molecular weight excluding hydrogens is 551 g/mol. The molecule has 1 N–H and O–H groups in total. The molecule has 11 heteroatoms. The summed E-state index contributed by atoms with van der Waals surface area (Å²) in [6, 6.07) is 15.3. The number of aromatic nitrogens is 4. The predicted molar refractivity (Wildman–Crippen MR) is 159 cm³/mol. The molecule has 4 heterocycles. The van der Waals surface area contributed by atoms with Gasteiger partial charge in [0.05, 0.1) is 37.1 Å². The van der Waals surface area contributed by atoms with E-state index in [2.05, 4.69) is 31.8 Å². The van der Waals surface area contributed by atoms with E-state index in [1.165, 1.54) is 25.6 Å². The maximum atomic E-state index is 15.3. The number of aryl methyl sites for hydroxylation is 1. The number of likely N-dealkylation sites (tertiary alicyclic amines) is 1. The summed E-state index contributed by atoms with van der Waals surface area (Å²) in [7, 11) is 1.54. The second-order valence-electron chi connectivity index (χ2n) is 9.86. The van der Waals surface area contributed by atoms with E-state index in [1.54, 1.807) is 53.7 Å². The lowest BCUT2D eigenvalue weighted by Crippen LogP contribution is -2.55. The Morgan fingerprint density at radius 2 is 1.86 bits per heavy atom. The molecule has 1 fully saturated rings. The zero-order valence-corrected chi connectivity index (χ0v) is 23.5. The minimum atomic E-state index is -0.535. The molecule has 0 aliphatic carbocycles. The van der Waals surface area contributed by atoms with Gasteiger partial charge >= 0.3 is 0 Å². The maximum absolute atomic E-state index is 15.3. The van der Waals surface area contributed by atoms with Crippen LogP contribution < -0.4 is 19.5 Å². The highest BCUT2D eigenvalue weighted by atomic mass is 19.1. The number of ether oxygens (including phenoxy) is 3. The highest BCUT2D eigenvalue weighted by Gasteiger charge is 2.31. The minimum absolute atomic E-state index is 0.144. The summed E-state index contributed by atoms with van der Waals surface area (Å²) in [5, 5.41) is 3.66. The van der Waals surface area contributed by atoms with Crippen LogP contribution in [0.3, 0.4) is 0 Å². The molecule has 1 saturated heterocycles. The fourth-order valence-corrected chi connectivity index (χ4v) is 4.59. The van der Waals surface area contributed by atoms with Crippen LogP contribution in [0.5, 0.6) is 23.0 Å². The molecule has 1 aliphatic rings. The van der Waals surface area contributed by atoms with Gasteiger partial charge in [0.2, 0.25) is 5.91 Å². The standard InChI is InChI=1S/C32H27FN6O4/c1-4-31(40)39-16-23(17-39)43-30-13-24-28(14-29(30)41-3)36-18-37-32(24)38-26-8-7-21(11-25(26)33)42-22-9-10-34-27(12-22)20-6-5-19(2)35-15-20/h4-15,18,23H,1,16-17H2,2-3H3,(H,36,37,38). The Hall–Kier alpha value is -5.58. The molecule has 216 valence electrons. The van der Waals surface area contributed by atoms with Crippen LogP contribution in [0.4, 0.5) is 15.9 Å². The number of nitrogens with one attached hydrogen (secondary N) is 1. The van der Waals surface area contributed by atoms with E-state index in [4.69, 9.17) is 14.2 Å². The Labute approximate surface area is 246 Å². The SMILES string of the molecule is C=CC(=O)N1CC(Oc2cc3c(Nc4ccc(Oc5ccnc(-c6ccc(C)nc6)c5)cc4F)ncnc3cc2OC)C1. The largest absolute Gasteiger partial charge is 0.493 e. The Balaban J connectivity index is 1.20. The summed E-state index contributed by atoms with van der Waals surface area (Å²) in [5.41, 5.74) is 3.23. The molecule has 2 aromatic carbocycles. The van der Waals surface area contributed by atoms with Crippen LogP contribution in [-0.4, -0.2) is 57.0 Å². The third kappa shape index (κ3) is 5.91. The van der Waals surface area contributed by atoms with Gasteiger partial charge in [0.1, 0.15) is 35.6 Å². The van der Waals surface area contributed by atoms with Gasteiger partial charge in [0.15, 0.2) is 11.5 Å². The first kappa shape index (κ1) is 27.6. The molecule has 1 aliphatic heterocycles. The van der Waals surface area contributed by atoms with Crippen molar-refractivity contribution in [3.05, 3.63) is 97.5 Å². The van der Waals surface area contributed by atoms with Crippen LogP contribution in [-0.2, 0) is 4.79 Å². The van der Waals surface area contributed by atoms with Crippen LogP contribution in [0.25, 0.3) is 22.2 Å². The van der Waals surface area contributed by atoms with E-state index in [9.17, 15) is 4.79 Å². The van der Waals surface area contributed by atoms with E-state index >= 15 is 4.39 Å². The number of benzene rings is 2. The number of hydrogen-bond donors (Lipinski definition) is 1. The Kier molecular flexibility index (Phi) is 7.52. The Bertz CT molecular complexity index is 1830. The first-order chi connectivity index (χ1) is 20.9. The molecule has 3 aromatic heterocycles. The van der Waals surface area contributed by atoms with Crippen molar-refractivity contribution in [1.29, 1.82) is 0 Å². The first-order valence-electron chi connectivity index (χ1n) is 13.4. The van der Waals surface area contributed by atoms with Crippen molar-refractivity contribution < 1.29 is 23.4 Å². The summed E-state index contributed by atoms with van der Waals surface area (Å²) in [6.45, 7) is 6.30. The number of nitrogens with zero attached hydrogens (tertiary/aromatic N) is 5. The number of amides is 1. The molecule has 6 rings (SSSR count). The topological polar surface area (TPSA) is 112 Å². The average Bonchev–Trinajstić information content (AvgIpc) is 3.00. The van der Waals surface area contributed by atoms with Crippen LogP contribution in [0.15, 0.2) is 86.0 Å². The smallest absolute Gasteiger partial charge is 0.246 e. The lowest BCUT2D eigenvalue weighted by Gasteiger charge is -2.38. The number of carbonyl (C=O) groups is 1. The zero-order valence-electron chi connectivity index (χ0n) is 23.5. The first-order valence-corrected chi connectivity index (χ1v) is 13.4. The van der Waals surface area contributed by atoms with Crippen molar-refractivity contribution in [2.45, 2.75) is 13.0 Å². The normalized spacial score (nSPS) is 12.9. The van der Waals surface area contributed by atoms with E-state index in [0.717, 1.165) is 11.3 Å². The molecule has 0 atom stereocenters. The summed E-state index contributed by atoms with van der Waals surface area (Å²) >= 11 is 0. The van der Waals surface area contributed by atoms with Gasteiger partial charge in [-0.05, 0) is 49.4 Å². The monoisotopic (exact) mass is 578 g/mol. The van der Waals surface area contributed by atoms with Gasteiger partial charge in [-0.25, -0.2) is 14.4 Å². The summed E-state index contributed by atoms with van der Waals surface area (Å²) < 4.78 is 32.8. The van der Waals surface area contributed by atoms with E-state index in [0.29, 0.717) is 58.5 Å². The van der Waals surface area contributed by atoms with Crippen LogP contribution >= 0.6 is 0 Å². The number of pyridine rings is 2. The molecule has 0 spiro atoms. The molecule has 0 unspecified atom stereocenters. The van der Waals surface area contributed by atoms with Gasteiger partial charge < -0.3 is 24.4 Å². The lowest BCUT2D eigenvalue weighted by molar-refractivity contribution is -0.134. The van der Waals surface area contributed by atoms with Crippen LogP contribution in [0.2, 0.25) is 0 Å². The molecule has 43 heavy (non-hydrogen) atoms. The Morgan fingerprint density at radius 1 is 1.02 bits per heavy atom. The number of hydrogen-bond acceptors (Lipinski definition) is 9. The van der Waals surface area contributed by atoms with Crippen molar-refractivity contribution in [2.24, 2.45) is 0 Å². The fraction of sp³-hybridized carbons (Fsp3) is 0.156. The summed E-state index contributed by atoms with van der Waals surface area (Å²) in [6.07, 6.45) is 5.84. The number of rotatable bonds is 9. The second kappa shape index (κ2) is 11.7. The molecule has 0 saturated carbocycles. The van der Waals surface area contributed by atoms with Gasteiger partial charge in [0.25, 0.3) is 0 Å². The Morgan fingerprint density at radius 3 is 2.60 bits per heavy atom. The molecule has 0 radical (unpaired) electrons.